The summed E-state index contributed by atoms with van der Waals surface area (Å²) in [7, 11) is 5.33. The van der Waals surface area contributed by atoms with Crippen LogP contribution in [0.5, 0.6) is 5.75 Å². The predicted molar refractivity (Wildman–Crippen MR) is 123 cm³/mol. The van der Waals surface area contributed by atoms with Crippen LogP contribution in [0.4, 0.5) is 0 Å². The smallest absolute Gasteiger partial charge is 0.253 e. The normalized spacial score (nSPS) is 11.2. The number of methoxy groups -OCH3 is 1. The van der Waals surface area contributed by atoms with Crippen molar-refractivity contribution in [3.63, 3.8) is 0 Å². The molecule has 0 unspecified atom stereocenters. The highest BCUT2D eigenvalue weighted by molar-refractivity contribution is 6.29. The Bertz CT molecular complexity index is 1290. The zero-order valence-corrected chi connectivity index (χ0v) is 19.1. The maximum absolute atomic E-state index is 13.1. The van der Waals surface area contributed by atoms with E-state index in [4.69, 9.17) is 16.3 Å². The fourth-order valence-electron chi connectivity index (χ4n) is 4.02. The summed E-state index contributed by atoms with van der Waals surface area (Å²) in [6, 6.07) is 15.5. The molecule has 0 saturated carbocycles. The molecule has 0 aliphatic carbocycles. The summed E-state index contributed by atoms with van der Waals surface area (Å²) >= 11 is 6.11. The fourth-order valence-corrected chi connectivity index (χ4v) is 4.20. The number of carbonyl (C=O) groups is 1. The van der Waals surface area contributed by atoms with Crippen LogP contribution >= 0.6 is 11.6 Å². The van der Waals surface area contributed by atoms with E-state index in [9.17, 15) is 4.79 Å². The first-order valence-electron chi connectivity index (χ1n) is 10.0. The molecule has 0 saturated heterocycles. The molecule has 4 rings (SSSR count). The number of hydrogen-bond acceptors (Lipinski definition) is 3. The van der Waals surface area contributed by atoms with E-state index in [1.54, 1.807) is 22.6 Å². The van der Waals surface area contributed by atoms with E-state index in [2.05, 4.69) is 29.5 Å². The summed E-state index contributed by atoms with van der Waals surface area (Å²) in [5.74, 6) is 0.754. The van der Waals surface area contributed by atoms with Gasteiger partial charge in [0.15, 0.2) is 0 Å². The van der Waals surface area contributed by atoms with E-state index in [0.29, 0.717) is 17.4 Å². The van der Waals surface area contributed by atoms with Crippen molar-refractivity contribution in [2.45, 2.75) is 20.4 Å². The molecule has 2 aromatic carbocycles. The van der Waals surface area contributed by atoms with Crippen molar-refractivity contribution in [3.05, 3.63) is 76.3 Å². The van der Waals surface area contributed by atoms with E-state index in [1.807, 2.05) is 50.5 Å². The Morgan fingerprint density at radius 1 is 1.16 bits per heavy atom. The molecule has 0 radical (unpaired) electrons. The second kappa shape index (κ2) is 8.12. The van der Waals surface area contributed by atoms with Crippen molar-refractivity contribution in [1.82, 2.24) is 19.0 Å². The topological polar surface area (TPSA) is 52.3 Å². The van der Waals surface area contributed by atoms with Crippen LogP contribution in [0.1, 0.15) is 27.3 Å². The summed E-state index contributed by atoms with van der Waals surface area (Å²) in [5.41, 5.74) is 6.45. The summed E-state index contributed by atoms with van der Waals surface area (Å²) in [6.07, 6.45) is 0. The lowest BCUT2D eigenvalue weighted by Gasteiger charge is -2.18. The van der Waals surface area contributed by atoms with Gasteiger partial charge in [0.05, 0.1) is 23.8 Å². The molecule has 0 aliphatic rings. The van der Waals surface area contributed by atoms with Gasteiger partial charge in [-0.15, -0.1) is 0 Å². The number of aryl methyl sites for hydroxylation is 2. The lowest BCUT2D eigenvalue weighted by atomic mass is 10.1. The number of fused-ring (bicyclic) bond motifs is 1. The van der Waals surface area contributed by atoms with Gasteiger partial charge in [-0.1, -0.05) is 12.1 Å². The number of carbonyl (C=O) groups excluding carboxylic acids is 1. The van der Waals surface area contributed by atoms with Gasteiger partial charge < -0.3 is 18.8 Å². The highest BCUT2D eigenvalue weighted by Gasteiger charge is 2.19. The van der Waals surface area contributed by atoms with E-state index >= 15 is 0 Å². The van der Waals surface area contributed by atoms with Crippen molar-refractivity contribution in [3.8, 4) is 11.4 Å². The maximum Gasteiger partial charge on any atom is 0.253 e. The third kappa shape index (κ3) is 3.68. The van der Waals surface area contributed by atoms with Crippen LogP contribution < -0.4 is 4.74 Å². The van der Waals surface area contributed by atoms with E-state index < -0.39 is 0 Å². The van der Waals surface area contributed by atoms with Crippen LogP contribution in [0.25, 0.3) is 16.7 Å². The number of hydrogen-bond donors (Lipinski definition) is 0. The van der Waals surface area contributed by atoms with Crippen molar-refractivity contribution in [2.75, 3.05) is 14.2 Å². The number of ether oxygens (including phenoxy) is 1. The van der Waals surface area contributed by atoms with Gasteiger partial charge in [-0.3, -0.25) is 4.79 Å². The van der Waals surface area contributed by atoms with Gasteiger partial charge in [0.2, 0.25) is 5.28 Å². The Kier molecular flexibility index (Phi) is 5.50. The zero-order chi connectivity index (χ0) is 22.3. The van der Waals surface area contributed by atoms with Gasteiger partial charge >= 0.3 is 0 Å². The van der Waals surface area contributed by atoms with Crippen LogP contribution in [-0.4, -0.2) is 39.1 Å². The van der Waals surface area contributed by atoms with Crippen LogP contribution in [-0.2, 0) is 13.6 Å². The first-order chi connectivity index (χ1) is 14.8. The van der Waals surface area contributed by atoms with Gasteiger partial charge in [0.1, 0.15) is 5.75 Å². The molecule has 0 spiro atoms. The lowest BCUT2D eigenvalue weighted by Crippen LogP contribution is -2.26. The zero-order valence-electron chi connectivity index (χ0n) is 18.3. The Hall–Kier alpha value is -3.25. The molecule has 160 valence electrons. The van der Waals surface area contributed by atoms with Crippen LogP contribution in [0.15, 0.2) is 48.5 Å². The number of nitrogens with zero attached hydrogens (tertiary/aromatic N) is 4. The molecule has 4 aromatic rings. The number of para-hydroxylation sites is 2. The largest absolute Gasteiger partial charge is 0.495 e. The molecule has 7 heteroatoms. The fraction of sp³-hybridized carbons (Fsp3) is 0.250. The Morgan fingerprint density at radius 3 is 2.65 bits per heavy atom. The average molecular weight is 437 g/mol. The average Bonchev–Trinajstić information content (AvgIpc) is 3.21. The number of halogens is 1. The summed E-state index contributed by atoms with van der Waals surface area (Å²) < 4.78 is 9.48. The Balaban J connectivity index is 1.62. The van der Waals surface area contributed by atoms with E-state index in [1.165, 1.54) is 0 Å². The van der Waals surface area contributed by atoms with Gasteiger partial charge in [-0.2, -0.15) is 0 Å². The van der Waals surface area contributed by atoms with Crippen LogP contribution in [0, 0.1) is 13.8 Å². The molecule has 0 atom stereocenters. The van der Waals surface area contributed by atoms with Crippen molar-refractivity contribution < 1.29 is 9.53 Å². The number of aromatic nitrogens is 3. The Morgan fingerprint density at radius 2 is 1.90 bits per heavy atom. The highest BCUT2D eigenvalue weighted by atomic mass is 35.5. The van der Waals surface area contributed by atoms with Crippen LogP contribution in [0.2, 0.25) is 5.28 Å². The molecular weight excluding hydrogens is 412 g/mol. The second-order valence-electron chi connectivity index (χ2n) is 7.71. The molecule has 2 aromatic heterocycles. The number of amides is 1. The van der Waals surface area contributed by atoms with Crippen molar-refractivity contribution >= 4 is 28.5 Å². The standard InChI is InChI=1S/C24H25ClN4O2/c1-15-12-18(16(2)29(15)20-8-6-7-9-22(20)31-5)14-27(3)23(30)17-10-11-19-21(13-17)28(4)24(25)26-19/h6-13H,14H2,1-5H3. The molecule has 1 amide bonds. The van der Waals surface area contributed by atoms with Gasteiger partial charge in [-0.05, 0) is 67.4 Å². The molecule has 0 fully saturated rings. The number of rotatable bonds is 5. The lowest BCUT2D eigenvalue weighted by molar-refractivity contribution is 0.0785. The monoisotopic (exact) mass is 436 g/mol. The first kappa shape index (κ1) is 21.0. The third-order valence-electron chi connectivity index (χ3n) is 5.69. The molecule has 6 nitrogen and oxygen atoms in total. The quantitative estimate of drug-likeness (QED) is 0.446. The minimum atomic E-state index is -0.0543. The summed E-state index contributed by atoms with van der Waals surface area (Å²) in [6.45, 7) is 4.62. The van der Waals surface area contributed by atoms with Gasteiger partial charge in [0.25, 0.3) is 5.91 Å². The SMILES string of the molecule is COc1ccccc1-n1c(C)cc(CN(C)C(=O)c2ccc3nc(Cl)n(C)c3c2)c1C. The predicted octanol–water partition coefficient (Wildman–Crippen LogP) is 4.92. The van der Waals surface area contributed by atoms with Gasteiger partial charge in [-0.25, -0.2) is 4.98 Å². The highest BCUT2D eigenvalue weighted by Crippen LogP contribution is 2.28. The van der Waals surface area contributed by atoms with Crippen molar-refractivity contribution in [1.29, 1.82) is 0 Å². The maximum atomic E-state index is 13.1. The van der Waals surface area contributed by atoms with Gasteiger partial charge in [0, 0.05) is 37.6 Å². The molecular formula is C24H25ClN4O2. The van der Waals surface area contributed by atoms with Crippen LogP contribution in [0.3, 0.4) is 0 Å². The molecule has 0 N–H and O–H groups in total. The first-order valence-corrected chi connectivity index (χ1v) is 10.4. The molecule has 0 aliphatic heterocycles. The Labute approximate surface area is 186 Å². The number of benzene rings is 2. The summed E-state index contributed by atoms with van der Waals surface area (Å²) in [4.78, 5) is 19.1. The molecule has 31 heavy (non-hydrogen) atoms. The molecule has 2 heterocycles. The second-order valence-corrected chi connectivity index (χ2v) is 8.05. The molecule has 0 bridgehead atoms. The minimum Gasteiger partial charge on any atom is -0.495 e. The van der Waals surface area contributed by atoms with E-state index in [0.717, 1.165) is 39.4 Å². The number of imidazole rings is 1. The minimum absolute atomic E-state index is 0.0543. The van der Waals surface area contributed by atoms with E-state index in [-0.39, 0.29) is 5.91 Å². The third-order valence-corrected chi connectivity index (χ3v) is 6.03. The summed E-state index contributed by atoms with van der Waals surface area (Å²) in [5, 5.41) is 0.400. The van der Waals surface area contributed by atoms with Crippen molar-refractivity contribution in [2.24, 2.45) is 7.05 Å².